The summed E-state index contributed by atoms with van der Waals surface area (Å²) in [6.45, 7) is 3.03. The van der Waals surface area contributed by atoms with Crippen LogP contribution in [0.2, 0.25) is 0 Å². The zero-order valence-electron chi connectivity index (χ0n) is 13.3. The van der Waals surface area contributed by atoms with Crippen molar-refractivity contribution >= 4 is 11.3 Å². The molecule has 0 spiro atoms. The minimum atomic E-state index is 0.544. The Morgan fingerprint density at radius 1 is 1.09 bits per heavy atom. The smallest absolute Gasteiger partial charge is 0.229 e. The molecule has 2 aromatic rings. The molecule has 0 bridgehead atoms. The molecule has 1 unspecified atom stereocenters. The second-order valence-corrected chi connectivity index (χ2v) is 8.29. The van der Waals surface area contributed by atoms with Crippen LogP contribution in [-0.2, 0) is 19.4 Å². The number of piperidine rings is 1. The third-order valence-corrected chi connectivity index (χ3v) is 6.56. The van der Waals surface area contributed by atoms with E-state index in [9.17, 15) is 0 Å². The molecule has 5 rings (SSSR count). The Morgan fingerprint density at radius 3 is 2.91 bits per heavy atom. The lowest BCUT2D eigenvalue weighted by atomic mass is 9.99. The van der Waals surface area contributed by atoms with Gasteiger partial charge in [-0.2, -0.15) is 4.98 Å². The fraction of sp³-hybridized carbons (Fsp3) is 0.706. The van der Waals surface area contributed by atoms with E-state index in [1.54, 1.807) is 4.88 Å². The minimum Gasteiger partial charge on any atom is -0.339 e. The third-order valence-electron chi connectivity index (χ3n) is 5.24. The Hall–Kier alpha value is -1.27. The van der Waals surface area contributed by atoms with Crippen molar-refractivity contribution in [1.29, 1.82) is 0 Å². The number of aryl methyl sites for hydroxylation is 2. The van der Waals surface area contributed by atoms with Crippen LogP contribution in [0, 0.1) is 0 Å². The van der Waals surface area contributed by atoms with E-state index in [0.717, 1.165) is 31.3 Å². The topological polar surface area (TPSA) is 55.1 Å². The van der Waals surface area contributed by atoms with Crippen molar-refractivity contribution in [1.82, 2.24) is 20.0 Å². The standard InChI is InChI=1S/C17H22N4OS/c1-4-13-14(5-1)23-17(18-13)12-3-2-8-21(9-12)10-15-19-16(22-20-15)11-6-7-11/h11-12H,1-10H2. The van der Waals surface area contributed by atoms with Crippen molar-refractivity contribution in [2.24, 2.45) is 0 Å². The average Bonchev–Trinajstić information content (AvgIpc) is 2.95. The Balaban J connectivity index is 1.26. The number of thiazole rings is 1. The molecular weight excluding hydrogens is 308 g/mol. The lowest BCUT2D eigenvalue weighted by Gasteiger charge is -2.30. The van der Waals surface area contributed by atoms with Crippen LogP contribution in [0.4, 0.5) is 0 Å². The predicted molar refractivity (Wildman–Crippen MR) is 87.7 cm³/mol. The van der Waals surface area contributed by atoms with Gasteiger partial charge in [0.05, 0.1) is 17.2 Å². The maximum absolute atomic E-state index is 5.38. The van der Waals surface area contributed by atoms with Gasteiger partial charge in [0, 0.05) is 23.3 Å². The number of nitrogens with zero attached hydrogens (tertiary/aromatic N) is 4. The van der Waals surface area contributed by atoms with Crippen molar-refractivity contribution < 1.29 is 4.52 Å². The highest BCUT2D eigenvalue weighted by molar-refractivity contribution is 7.11. The Bertz CT molecular complexity index is 684. The lowest BCUT2D eigenvalue weighted by molar-refractivity contribution is 0.193. The Morgan fingerprint density at radius 2 is 2.04 bits per heavy atom. The van der Waals surface area contributed by atoms with Crippen LogP contribution < -0.4 is 0 Å². The van der Waals surface area contributed by atoms with Gasteiger partial charge >= 0.3 is 0 Å². The largest absolute Gasteiger partial charge is 0.339 e. The summed E-state index contributed by atoms with van der Waals surface area (Å²) in [6.07, 6.45) is 8.66. The van der Waals surface area contributed by atoms with Crippen LogP contribution in [0.25, 0.3) is 0 Å². The number of hydrogen-bond donors (Lipinski definition) is 0. The molecular formula is C17H22N4OS. The summed E-state index contributed by atoms with van der Waals surface area (Å²) in [5, 5.41) is 5.54. The van der Waals surface area contributed by atoms with Crippen molar-refractivity contribution in [3.05, 3.63) is 27.3 Å². The van der Waals surface area contributed by atoms with Crippen molar-refractivity contribution in [3.8, 4) is 0 Å². The molecule has 1 atom stereocenters. The first kappa shape index (κ1) is 14.1. The average molecular weight is 330 g/mol. The summed E-state index contributed by atoms with van der Waals surface area (Å²) in [7, 11) is 0. The molecule has 0 radical (unpaired) electrons. The SMILES string of the molecule is C1Cc2nc(C3CCCN(Cc4noc(C5CC5)n4)C3)sc2C1. The van der Waals surface area contributed by atoms with Gasteiger partial charge in [0.15, 0.2) is 5.82 Å². The maximum Gasteiger partial charge on any atom is 0.229 e. The number of fused-ring (bicyclic) bond motifs is 1. The lowest BCUT2D eigenvalue weighted by Crippen LogP contribution is -2.34. The molecule has 0 N–H and O–H groups in total. The molecule has 0 amide bonds. The Kier molecular flexibility index (Phi) is 3.48. The van der Waals surface area contributed by atoms with Gasteiger partial charge in [-0.1, -0.05) is 5.16 Å². The number of likely N-dealkylation sites (tertiary alicyclic amines) is 1. The van der Waals surface area contributed by atoms with Crippen molar-refractivity contribution in [3.63, 3.8) is 0 Å². The van der Waals surface area contributed by atoms with Crippen LogP contribution >= 0.6 is 11.3 Å². The van der Waals surface area contributed by atoms with Crippen molar-refractivity contribution in [2.45, 2.75) is 63.3 Å². The van der Waals surface area contributed by atoms with Gasteiger partial charge in [0.1, 0.15) is 0 Å². The second kappa shape index (κ2) is 5.67. The Labute approximate surface area is 140 Å². The van der Waals surface area contributed by atoms with E-state index in [1.807, 2.05) is 11.3 Å². The van der Waals surface area contributed by atoms with Crippen LogP contribution in [-0.4, -0.2) is 33.1 Å². The van der Waals surface area contributed by atoms with Gasteiger partial charge in [-0.3, -0.25) is 4.90 Å². The molecule has 122 valence electrons. The van der Waals surface area contributed by atoms with Crippen LogP contribution in [0.15, 0.2) is 4.52 Å². The molecule has 1 saturated carbocycles. The first-order valence-corrected chi connectivity index (χ1v) is 9.70. The zero-order valence-corrected chi connectivity index (χ0v) is 14.1. The highest BCUT2D eigenvalue weighted by atomic mass is 32.1. The van der Waals surface area contributed by atoms with E-state index in [4.69, 9.17) is 9.51 Å². The minimum absolute atomic E-state index is 0.544. The molecule has 3 heterocycles. The van der Waals surface area contributed by atoms with Gasteiger partial charge < -0.3 is 4.52 Å². The van der Waals surface area contributed by atoms with Gasteiger partial charge in [-0.15, -0.1) is 11.3 Å². The molecule has 0 aromatic carbocycles. The number of aromatic nitrogens is 3. The summed E-state index contributed by atoms with van der Waals surface area (Å²) < 4.78 is 5.38. The quantitative estimate of drug-likeness (QED) is 0.861. The molecule has 6 heteroatoms. The van der Waals surface area contributed by atoms with Crippen molar-refractivity contribution in [2.75, 3.05) is 13.1 Å². The summed E-state index contributed by atoms with van der Waals surface area (Å²) in [6, 6.07) is 0. The normalized spacial score (nSPS) is 25.0. The summed E-state index contributed by atoms with van der Waals surface area (Å²) in [5.41, 5.74) is 1.38. The monoisotopic (exact) mass is 330 g/mol. The highest BCUT2D eigenvalue weighted by Gasteiger charge is 2.31. The van der Waals surface area contributed by atoms with Crippen LogP contribution in [0.5, 0.6) is 0 Å². The molecule has 3 aliphatic rings. The van der Waals surface area contributed by atoms with Crippen LogP contribution in [0.1, 0.15) is 71.2 Å². The fourth-order valence-electron chi connectivity index (χ4n) is 3.81. The van der Waals surface area contributed by atoms with Gasteiger partial charge in [0.25, 0.3) is 0 Å². The third kappa shape index (κ3) is 2.83. The molecule has 2 aromatic heterocycles. The fourth-order valence-corrected chi connectivity index (χ4v) is 5.09. The molecule has 2 aliphatic carbocycles. The second-order valence-electron chi connectivity index (χ2n) is 7.17. The van der Waals surface area contributed by atoms with E-state index in [0.29, 0.717) is 11.8 Å². The first-order valence-electron chi connectivity index (χ1n) is 8.88. The molecule has 5 nitrogen and oxygen atoms in total. The predicted octanol–water partition coefficient (Wildman–Crippen LogP) is 3.27. The summed E-state index contributed by atoms with van der Waals surface area (Å²) in [4.78, 5) is 13.5. The van der Waals surface area contributed by atoms with Gasteiger partial charge in [-0.25, -0.2) is 4.98 Å². The first-order chi connectivity index (χ1) is 11.3. The van der Waals surface area contributed by atoms with E-state index < -0.39 is 0 Å². The molecule has 23 heavy (non-hydrogen) atoms. The van der Waals surface area contributed by atoms with Crippen LogP contribution in [0.3, 0.4) is 0 Å². The van der Waals surface area contributed by atoms with E-state index in [-0.39, 0.29) is 0 Å². The van der Waals surface area contributed by atoms with E-state index in [1.165, 1.54) is 55.6 Å². The summed E-state index contributed by atoms with van der Waals surface area (Å²) >= 11 is 1.97. The van der Waals surface area contributed by atoms with E-state index in [2.05, 4.69) is 15.0 Å². The molecule has 1 saturated heterocycles. The molecule has 2 fully saturated rings. The van der Waals surface area contributed by atoms with Gasteiger partial charge in [0.2, 0.25) is 5.89 Å². The highest BCUT2D eigenvalue weighted by Crippen LogP contribution is 2.39. The molecule has 1 aliphatic heterocycles. The van der Waals surface area contributed by atoms with Gasteiger partial charge in [-0.05, 0) is 51.5 Å². The van der Waals surface area contributed by atoms with E-state index >= 15 is 0 Å². The maximum atomic E-state index is 5.38. The number of rotatable bonds is 4. The zero-order chi connectivity index (χ0) is 15.2. The number of hydrogen-bond acceptors (Lipinski definition) is 6. The summed E-state index contributed by atoms with van der Waals surface area (Å²) in [5.74, 6) is 2.84.